The number of rotatable bonds is 7. The second kappa shape index (κ2) is 14.8. The van der Waals surface area contributed by atoms with Gasteiger partial charge in [0.05, 0.1) is 11.0 Å². The van der Waals surface area contributed by atoms with E-state index in [4.69, 9.17) is 4.42 Å². The molecule has 10 aromatic carbocycles. The van der Waals surface area contributed by atoms with E-state index >= 15 is 0 Å². The van der Waals surface area contributed by atoms with E-state index < -0.39 is 0 Å². The van der Waals surface area contributed by atoms with Crippen molar-refractivity contribution in [2.24, 2.45) is 0 Å². The van der Waals surface area contributed by atoms with Crippen molar-refractivity contribution in [2.75, 3.05) is 4.90 Å². The molecule has 1 aliphatic carbocycles. The highest BCUT2D eigenvalue weighted by molar-refractivity contribution is 6.11. The summed E-state index contributed by atoms with van der Waals surface area (Å²) in [7, 11) is 0. The normalized spacial score (nSPS) is 12.8. The summed E-state index contributed by atoms with van der Waals surface area (Å²) in [6, 6.07) is 83.9. The van der Waals surface area contributed by atoms with E-state index in [1.165, 1.54) is 72.0 Å². The number of fused-ring (bicyclic) bond motifs is 9. The third-order valence-electron chi connectivity index (χ3n) is 14.0. The Morgan fingerprint density at radius 3 is 1.59 bits per heavy atom. The summed E-state index contributed by atoms with van der Waals surface area (Å²) in [4.78, 5) is 2.40. The van der Waals surface area contributed by atoms with Crippen LogP contribution in [0.1, 0.15) is 25.0 Å². The molecule has 0 unspecified atom stereocenters. The standard InChI is InChI=1S/C63H44N2O/c1-63(2)57-39-46(45-26-35-60-55(37-45)53-17-9-11-19-59(53)65(60)47-15-7-4-8-16-47)25-33-51(57)52-34-32-50(40-58(52)63)64(48-28-21-42(22-29-48)41-13-5-3-6-14-41)49-30-23-43(24-31-49)44-27-36-62-56(38-44)54-18-10-12-20-61(54)66-62/h3-40H,1-2H3. The Morgan fingerprint density at radius 1 is 0.348 bits per heavy atom. The molecular weight excluding hydrogens is 801 g/mol. The number of para-hydroxylation sites is 3. The smallest absolute Gasteiger partial charge is 0.135 e. The van der Waals surface area contributed by atoms with Gasteiger partial charge in [-0.1, -0.05) is 153 Å². The number of aromatic nitrogens is 1. The first-order valence-electron chi connectivity index (χ1n) is 22.8. The third-order valence-corrected chi connectivity index (χ3v) is 14.0. The first kappa shape index (κ1) is 38.1. The van der Waals surface area contributed by atoms with Crippen LogP contribution in [0.2, 0.25) is 0 Å². The summed E-state index contributed by atoms with van der Waals surface area (Å²) in [5.74, 6) is 0. The van der Waals surface area contributed by atoms with Gasteiger partial charge in [0.15, 0.2) is 0 Å². The molecule has 0 atom stereocenters. The monoisotopic (exact) mass is 844 g/mol. The van der Waals surface area contributed by atoms with Crippen molar-refractivity contribution >= 4 is 60.8 Å². The predicted octanol–water partition coefficient (Wildman–Crippen LogP) is 17.5. The zero-order chi connectivity index (χ0) is 43.9. The molecule has 1 aliphatic rings. The molecule has 13 rings (SSSR count). The van der Waals surface area contributed by atoms with Gasteiger partial charge in [0.1, 0.15) is 11.2 Å². The van der Waals surface area contributed by atoms with Gasteiger partial charge in [-0.2, -0.15) is 0 Å². The van der Waals surface area contributed by atoms with Crippen LogP contribution in [0.25, 0.3) is 93.9 Å². The molecule has 0 saturated carbocycles. The van der Waals surface area contributed by atoms with E-state index in [9.17, 15) is 0 Å². The van der Waals surface area contributed by atoms with E-state index in [1.54, 1.807) is 0 Å². The van der Waals surface area contributed by atoms with Crippen molar-refractivity contribution in [3.63, 3.8) is 0 Å². The number of hydrogen-bond acceptors (Lipinski definition) is 2. The third kappa shape index (κ3) is 6.04. The minimum atomic E-state index is -0.229. The SMILES string of the molecule is CC1(C)c2cc(-c3ccc4c(c3)c3ccccc3n4-c3ccccc3)ccc2-c2ccc(N(c3ccc(-c4ccccc4)cc3)c3ccc(-c4ccc5oc6ccccc6c5c4)cc3)cc21. The van der Waals surface area contributed by atoms with E-state index in [-0.39, 0.29) is 5.41 Å². The molecular formula is C63H44N2O. The fourth-order valence-electron chi connectivity index (χ4n) is 10.6. The lowest BCUT2D eigenvalue weighted by atomic mass is 9.81. The maximum absolute atomic E-state index is 6.15. The average Bonchev–Trinajstić information content (AvgIpc) is 3.99. The highest BCUT2D eigenvalue weighted by Gasteiger charge is 2.36. The van der Waals surface area contributed by atoms with Crippen molar-refractivity contribution in [1.82, 2.24) is 4.57 Å². The lowest BCUT2D eigenvalue weighted by Crippen LogP contribution is -2.16. The minimum Gasteiger partial charge on any atom is -0.456 e. The lowest BCUT2D eigenvalue weighted by molar-refractivity contribution is 0.660. The lowest BCUT2D eigenvalue weighted by Gasteiger charge is -2.28. The molecule has 3 heteroatoms. The molecule has 12 aromatic rings. The summed E-state index contributed by atoms with van der Waals surface area (Å²) in [6.07, 6.45) is 0. The highest BCUT2D eigenvalue weighted by atomic mass is 16.3. The fourth-order valence-corrected chi connectivity index (χ4v) is 10.6. The summed E-state index contributed by atoms with van der Waals surface area (Å²) in [5, 5.41) is 4.80. The quantitative estimate of drug-likeness (QED) is 0.159. The second-order valence-electron chi connectivity index (χ2n) is 18.1. The molecule has 3 nitrogen and oxygen atoms in total. The van der Waals surface area contributed by atoms with Gasteiger partial charge in [0.2, 0.25) is 0 Å². The van der Waals surface area contributed by atoms with Crippen molar-refractivity contribution in [1.29, 1.82) is 0 Å². The predicted molar refractivity (Wildman–Crippen MR) is 277 cm³/mol. The van der Waals surface area contributed by atoms with Crippen molar-refractivity contribution in [3.05, 3.63) is 242 Å². The first-order chi connectivity index (χ1) is 32.5. The van der Waals surface area contributed by atoms with Gasteiger partial charge in [0, 0.05) is 49.7 Å². The number of benzene rings is 10. The zero-order valence-electron chi connectivity index (χ0n) is 36.7. The Labute approximate surface area is 384 Å². The molecule has 312 valence electrons. The van der Waals surface area contributed by atoms with Crippen LogP contribution in [0.4, 0.5) is 17.1 Å². The maximum atomic E-state index is 6.15. The minimum absolute atomic E-state index is 0.229. The summed E-state index contributed by atoms with van der Waals surface area (Å²) >= 11 is 0. The van der Waals surface area contributed by atoms with Crippen LogP contribution in [-0.2, 0) is 5.41 Å². The van der Waals surface area contributed by atoms with Crippen LogP contribution in [-0.4, -0.2) is 4.57 Å². The van der Waals surface area contributed by atoms with Crippen LogP contribution in [0.3, 0.4) is 0 Å². The zero-order valence-corrected chi connectivity index (χ0v) is 36.7. The second-order valence-corrected chi connectivity index (χ2v) is 18.1. The number of hydrogen-bond donors (Lipinski definition) is 0. The van der Waals surface area contributed by atoms with Crippen LogP contribution >= 0.6 is 0 Å². The Hall–Kier alpha value is -8.40. The molecule has 2 heterocycles. The molecule has 0 spiro atoms. The Kier molecular flexibility index (Phi) is 8.56. The molecule has 0 fully saturated rings. The summed E-state index contributed by atoms with van der Waals surface area (Å²) < 4.78 is 8.54. The first-order valence-corrected chi connectivity index (χ1v) is 22.8. The van der Waals surface area contributed by atoms with E-state index in [0.29, 0.717) is 0 Å². The van der Waals surface area contributed by atoms with Crippen molar-refractivity contribution in [2.45, 2.75) is 19.3 Å². The van der Waals surface area contributed by atoms with Gasteiger partial charge < -0.3 is 13.9 Å². The number of anilines is 3. The van der Waals surface area contributed by atoms with Gasteiger partial charge in [-0.05, 0) is 147 Å². The number of nitrogens with zero attached hydrogens (tertiary/aromatic N) is 2. The van der Waals surface area contributed by atoms with Crippen LogP contribution in [0.5, 0.6) is 0 Å². The molecule has 0 bridgehead atoms. The van der Waals surface area contributed by atoms with E-state index in [2.05, 4.69) is 242 Å². The fraction of sp³-hybridized carbons (Fsp3) is 0.0476. The van der Waals surface area contributed by atoms with Crippen LogP contribution in [0, 0.1) is 0 Å². The van der Waals surface area contributed by atoms with Crippen LogP contribution in [0.15, 0.2) is 235 Å². The summed E-state index contributed by atoms with van der Waals surface area (Å²) in [5.41, 5.74) is 21.0. The average molecular weight is 845 g/mol. The Morgan fingerprint density at radius 2 is 0.833 bits per heavy atom. The van der Waals surface area contributed by atoms with E-state index in [1.807, 2.05) is 12.1 Å². The molecule has 0 saturated heterocycles. The van der Waals surface area contributed by atoms with Gasteiger partial charge in [-0.25, -0.2) is 0 Å². The molecule has 0 aliphatic heterocycles. The topological polar surface area (TPSA) is 21.3 Å². The van der Waals surface area contributed by atoms with Crippen molar-refractivity contribution < 1.29 is 4.42 Å². The largest absolute Gasteiger partial charge is 0.456 e. The van der Waals surface area contributed by atoms with Crippen LogP contribution < -0.4 is 4.90 Å². The molecule has 0 N–H and O–H groups in total. The molecule has 0 radical (unpaired) electrons. The Balaban J connectivity index is 0.881. The van der Waals surface area contributed by atoms with Gasteiger partial charge in [-0.3, -0.25) is 0 Å². The number of furan rings is 1. The molecule has 66 heavy (non-hydrogen) atoms. The van der Waals surface area contributed by atoms with Crippen molar-refractivity contribution in [3.8, 4) is 50.2 Å². The molecule has 2 aromatic heterocycles. The Bertz CT molecular complexity index is 3820. The summed E-state index contributed by atoms with van der Waals surface area (Å²) in [6.45, 7) is 4.77. The maximum Gasteiger partial charge on any atom is 0.135 e. The van der Waals surface area contributed by atoms with Gasteiger partial charge in [0.25, 0.3) is 0 Å². The molecule has 0 amide bonds. The van der Waals surface area contributed by atoms with Gasteiger partial charge in [-0.15, -0.1) is 0 Å². The van der Waals surface area contributed by atoms with Gasteiger partial charge >= 0.3 is 0 Å². The highest BCUT2D eigenvalue weighted by Crippen LogP contribution is 2.52. The van der Waals surface area contributed by atoms with E-state index in [0.717, 1.165) is 50.1 Å².